The molecule has 1 saturated heterocycles. The van der Waals surface area contributed by atoms with E-state index in [9.17, 15) is 0 Å². The first kappa shape index (κ1) is 39.9. The average molecular weight is 668 g/mol. The van der Waals surface area contributed by atoms with Crippen molar-refractivity contribution in [2.45, 2.75) is 185 Å². The number of nitrogens with one attached hydrogen (secondary N) is 1. The second-order valence-electron chi connectivity index (χ2n) is 19.7. The molecule has 1 aromatic rings. The number of hydrogen-bond donors (Lipinski definition) is 1. The van der Waals surface area contributed by atoms with Crippen LogP contribution >= 0.6 is 0 Å². The van der Waals surface area contributed by atoms with E-state index in [-0.39, 0.29) is 5.41 Å². The van der Waals surface area contributed by atoms with E-state index in [0.29, 0.717) is 11.8 Å². The first-order valence-electron chi connectivity index (χ1n) is 21.2. The van der Waals surface area contributed by atoms with Crippen molar-refractivity contribution in [1.29, 1.82) is 0 Å². The molecule has 1 aliphatic heterocycles. The summed E-state index contributed by atoms with van der Waals surface area (Å²) in [7, 11) is 0. The van der Waals surface area contributed by atoms with Crippen molar-refractivity contribution in [1.82, 2.24) is 15.5 Å². The third-order valence-electron chi connectivity index (χ3n) is 15.4. The number of rotatable bonds is 6. The minimum Gasteiger partial charge on any atom is -0.425 e. The fourth-order valence-corrected chi connectivity index (χ4v) is 10.2. The lowest BCUT2D eigenvalue weighted by Gasteiger charge is -2.49. The average Bonchev–Trinajstić information content (AvgIpc) is 3.70. The third-order valence-corrected chi connectivity index (χ3v) is 15.4. The van der Waals surface area contributed by atoms with Crippen LogP contribution in [0.3, 0.4) is 0 Å². The highest BCUT2D eigenvalue weighted by Crippen LogP contribution is 2.55. The summed E-state index contributed by atoms with van der Waals surface area (Å²) in [4.78, 5) is 0. The molecule has 7 aliphatic carbocycles. The zero-order chi connectivity index (χ0) is 35.3. The number of aromatic nitrogens is 2. The second kappa shape index (κ2) is 17.1. The van der Waals surface area contributed by atoms with E-state index in [1.165, 1.54) is 109 Å². The number of nitrogens with zero attached hydrogens (tertiary/aromatic N) is 2. The molecular weight excluding hydrogens is 587 g/mol. The van der Waals surface area contributed by atoms with Crippen molar-refractivity contribution in [2.24, 2.45) is 70.0 Å². The van der Waals surface area contributed by atoms with Gasteiger partial charge in [-0.15, -0.1) is 10.2 Å². The predicted molar refractivity (Wildman–Crippen MR) is 205 cm³/mol. The van der Waals surface area contributed by atoms with E-state index in [2.05, 4.69) is 91.7 Å². The summed E-state index contributed by atoms with van der Waals surface area (Å²) >= 11 is 0. The van der Waals surface area contributed by atoms with Crippen LogP contribution < -0.4 is 5.32 Å². The molecular formula is C44H81N3O. The largest absolute Gasteiger partial charge is 0.425 e. The highest BCUT2D eigenvalue weighted by atomic mass is 16.4. The Labute approximate surface area is 298 Å². The van der Waals surface area contributed by atoms with Crippen LogP contribution in [0.4, 0.5) is 0 Å². The Hall–Kier alpha value is -0.900. The molecule has 278 valence electrons. The zero-order valence-corrected chi connectivity index (χ0v) is 34.1. The number of piperidine rings is 1. The van der Waals surface area contributed by atoms with Gasteiger partial charge >= 0.3 is 0 Å². The molecule has 0 amide bonds. The summed E-state index contributed by atoms with van der Waals surface area (Å²) in [6.45, 7) is 30.2. The van der Waals surface area contributed by atoms with Crippen molar-refractivity contribution in [3.63, 3.8) is 0 Å². The van der Waals surface area contributed by atoms with Crippen LogP contribution in [0.15, 0.2) is 4.42 Å². The quantitative estimate of drug-likeness (QED) is 0.328. The maximum absolute atomic E-state index is 5.45. The first-order chi connectivity index (χ1) is 22.6. The van der Waals surface area contributed by atoms with Gasteiger partial charge in [0.2, 0.25) is 11.8 Å². The minimum atomic E-state index is 0.223. The summed E-state index contributed by atoms with van der Waals surface area (Å²) in [5.74, 6) is 11.2. The molecule has 1 N–H and O–H groups in total. The minimum absolute atomic E-state index is 0.223. The third kappa shape index (κ3) is 9.91. The van der Waals surface area contributed by atoms with E-state index in [0.717, 1.165) is 70.0 Å². The SMILES string of the molecule is CC(C)C1(C)CCC1.CC(C)C12CCC(CC1)CC2.CC(C)C1CCCC1.CC(C)C1[C@H]2CNC[C@@H]12.Cc1nnc(C2(C(C)C)CC2)o1. The first-order valence-corrected chi connectivity index (χ1v) is 21.2. The molecule has 0 radical (unpaired) electrons. The van der Waals surface area contributed by atoms with E-state index in [1.54, 1.807) is 0 Å². The fourth-order valence-electron chi connectivity index (χ4n) is 10.2. The van der Waals surface area contributed by atoms with Crippen LogP contribution in [0.2, 0.25) is 0 Å². The lowest BCUT2D eigenvalue weighted by atomic mass is 9.56. The Morgan fingerprint density at radius 3 is 1.42 bits per heavy atom. The maximum atomic E-state index is 5.45. The van der Waals surface area contributed by atoms with Gasteiger partial charge in [-0.25, -0.2) is 0 Å². The van der Waals surface area contributed by atoms with Gasteiger partial charge in [-0.1, -0.05) is 108 Å². The Morgan fingerprint density at radius 1 is 0.625 bits per heavy atom. The lowest BCUT2D eigenvalue weighted by molar-refractivity contribution is 0.0218. The predicted octanol–water partition coefficient (Wildman–Crippen LogP) is 12.5. The molecule has 9 rings (SSSR count). The van der Waals surface area contributed by atoms with Crippen LogP contribution in [0.5, 0.6) is 0 Å². The molecule has 4 heteroatoms. The molecule has 1 aromatic heterocycles. The summed E-state index contributed by atoms with van der Waals surface area (Å²) in [6.07, 6.45) is 22.0. The van der Waals surface area contributed by atoms with Gasteiger partial charge in [0, 0.05) is 6.92 Å². The van der Waals surface area contributed by atoms with E-state index in [1.807, 2.05) is 6.92 Å². The molecule has 1 unspecified atom stereocenters. The van der Waals surface area contributed by atoms with Crippen LogP contribution in [-0.4, -0.2) is 23.3 Å². The van der Waals surface area contributed by atoms with E-state index < -0.39 is 0 Å². The van der Waals surface area contributed by atoms with Gasteiger partial charge in [0.1, 0.15) is 0 Å². The van der Waals surface area contributed by atoms with Gasteiger partial charge in [0.15, 0.2) is 0 Å². The van der Waals surface area contributed by atoms with E-state index in [4.69, 9.17) is 4.42 Å². The smallest absolute Gasteiger partial charge is 0.222 e. The van der Waals surface area contributed by atoms with Crippen molar-refractivity contribution >= 4 is 0 Å². The van der Waals surface area contributed by atoms with Gasteiger partial charge < -0.3 is 9.73 Å². The second-order valence-corrected chi connectivity index (χ2v) is 19.7. The Balaban J connectivity index is 0.000000137. The number of hydrogen-bond acceptors (Lipinski definition) is 4. The van der Waals surface area contributed by atoms with Crippen LogP contribution in [0.25, 0.3) is 0 Å². The van der Waals surface area contributed by atoms with Crippen LogP contribution in [0.1, 0.15) is 184 Å². The van der Waals surface area contributed by atoms with Gasteiger partial charge in [0.25, 0.3) is 0 Å². The Kier molecular flexibility index (Phi) is 14.2. The molecule has 8 fully saturated rings. The normalized spacial score (nSPS) is 31.9. The lowest BCUT2D eigenvalue weighted by Crippen LogP contribution is -2.37. The van der Waals surface area contributed by atoms with Gasteiger partial charge in [-0.05, 0) is 147 Å². The monoisotopic (exact) mass is 668 g/mol. The van der Waals surface area contributed by atoms with Crippen LogP contribution in [-0.2, 0) is 5.41 Å². The molecule has 0 spiro atoms. The summed E-state index contributed by atoms with van der Waals surface area (Å²) in [5, 5.41) is 11.3. The van der Waals surface area contributed by atoms with Gasteiger partial charge in [-0.2, -0.15) is 0 Å². The van der Waals surface area contributed by atoms with Crippen molar-refractivity contribution in [2.75, 3.05) is 13.1 Å². The van der Waals surface area contributed by atoms with Gasteiger partial charge in [-0.3, -0.25) is 0 Å². The number of aryl methyl sites for hydroxylation is 1. The Bertz CT molecular complexity index is 1040. The molecule has 2 heterocycles. The standard InChI is InChI=1S/C11H20.C9H14N2O.C8H15N.2C8H16/c1-9(2)11-6-3-10(4-7-11)5-8-11;1-6(2)9(4-5-9)8-11-10-7(3)12-8;1-5(2)8-6-3-9-4-7(6)8;1-7(2)8(3)5-4-6-8;1-7(2)8-5-3-4-6-8/h9-10H,3-8H2,1-2H3;6H,4-5H2,1-3H3;5-9H,3-4H2,1-2H3;7H,4-6H2,1-3H3;7-8H,3-6H2,1-2H3/t;;6-,7+,8?;;. The number of fused-ring (bicyclic) bond motifs is 4. The summed E-state index contributed by atoms with van der Waals surface area (Å²) in [5.41, 5.74) is 1.73. The van der Waals surface area contributed by atoms with E-state index >= 15 is 0 Å². The highest BCUT2D eigenvalue weighted by Gasteiger charge is 2.53. The zero-order valence-electron chi connectivity index (χ0n) is 34.1. The fraction of sp³-hybridized carbons (Fsp3) is 0.955. The molecule has 7 saturated carbocycles. The maximum Gasteiger partial charge on any atom is 0.222 e. The Morgan fingerprint density at radius 2 is 1.17 bits per heavy atom. The summed E-state index contributed by atoms with van der Waals surface area (Å²) in [6, 6.07) is 0. The molecule has 3 atom stereocenters. The molecule has 4 nitrogen and oxygen atoms in total. The highest BCUT2D eigenvalue weighted by molar-refractivity contribution is 5.16. The summed E-state index contributed by atoms with van der Waals surface area (Å²) < 4.78 is 5.45. The molecule has 2 bridgehead atoms. The molecule has 48 heavy (non-hydrogen) atoms. The van der Waals surface area contributed by atoms with Crippen LogP contribution in [0, 0.1) is 76.9 Å². The van der Waals surface area contributed by atoms with Crippen molar-refractivity contribution in [3.8, 4) is 0 Å². The van der Waals surface area contributed by atoms with Gasteiger partial charge in [0.05, 0.1) is 5.41 Å². The van der Waals surface area contributed by atoms with Crippen molar-refractivity contribution in [3.05, 3.63) is 11.8 Å². The topological polar surface area (TPSA) is 51.0 Å². The van der Waals surface area contributed by atoms with Crippen molar-refractivity contribution < 1.29 is 4.42 Å². The molecule has 0 aromatic carbocycles. The molecule has 8 aliphatic rings.